The number of anilines is 1. The lowest BCUT2D eigenvalue weighted by Gasteiger charge is -2.22. The fourth-order valence-electron chi connectivity index (χ4n) is 2.58. The third-order valence-corrected chi connectivity index (χ3v) is 5.14. The molecule has 0 radical (unpaired) electrons. The average molecular weight is 391 g/mol. The molecule has 146 valence electrons. The summed E-state index contributed by atoms with van der Waals surface area (Å²) >= 11 is 0. The maximum Gasteiger partial charge on any atom is 0.240 e. The van der Waals surface area contributed by atoms with Crippen molar-refractivity contribution in [2.75, 3.05) is 30.3 Å². The summed E-state index contributed by atoms with van der Waals surface area (Å²) in [5.41, 5.74) is 3.51. The molecule has 0 atom stereocenters. The number of amides is 1. The Hall–Kier alpha value is -2.54. The Kier molecular flexibility index (Phi) is 6.85. The van der Waals surface area contributed by atoms with Gasteiger partial charge >= 0.3 is 0 Å². The summed E-state index contributed by atoms with van der Waals surface area (Å²) in [5.74, 6) is 0.397. The molecule has 0 aromatic heterocycles. The van der Waals surface area contributed by atoms with Gasteiger partial charge < -0.3 is 10.1 Å². The number of sulfonamides is 1. The third-order valence-electron chi connectivity index (χ3n) is 4.00. The smallest absolute Gasteiger partial charge is 0.240 e. The number of carbonyl (C=O) groups excluding carboxylic acids is 1. The van der Waals surface area contributed by atoms with Crippen LogP contribution in [0.1, 0.15) is 16.7 Å². The van der Waals surface area contributed by atoms with E-state index in [2.05, 4.69) is 5.32 Å². The number of ether oxygens (including phenoxy) is 1. The number of benzene rings is 2. The van der Waals surface area contributed by atoms with E-state index in [1.807, 2.05) is 45.0 Å². The van der Waals surface area contributed by atoms with Crippen LogP contribution in [-0.2, 0) is 14.8 Å². The molecule has 0 aliphatic rings. The lowest BCUT2D eigenvalue weighted by molar-refractivity contribution is -0.119. The minimum atomic E-state index is -3.57. The van der Waals surface area contributed by atoms with Crippen molar-refractivity contribution in [3.8, 4) is 5.75 Å². The van der Waals surface area contributed by atoms with Gasteiger partial charge in [0.2, 0.25) is 15.9 Å². The molecule has 0 bridgehead atoms. The van der Waals surface area contributed by atoms with Gasteiger partial charge in [0.05, 0.1) is 18.5 Å². The Bertz CT molecular complexity index is 910. The summed E-state index contributed by atoms with van der Waals surface area (Å²) in [6.07, 6.45) is 1.09. The summed E-state index contributed by atoms with van der Waals surface area (Å²) in [4.78, 5) is 12.2. The molecule has 0 unspecified atom stereocenters. The molecule has 27 heavy (non-hydrogen) atoms. The van der Waals surface area contributed by atoms with E-state index in [1.165, 1.54) is 0 Å². The third kappa shape index (κ3) is 6.29. The number of rotatable bonds is 8. The number of aryl methyl sites for hydroxylation is 3. The van der Waals surface area contributed by atoms with Crippen LogP contribution in [0, 0.1) is 20.8 Å². The molecule has 0 spiro atoms. The molecule has 1 N–H and O–H groups in total. The number of nitrogens with one attached hydrogen (secondary N) is 1. The maximum absolute atomic E-state index is 12.2. The quantitative estimate of drug-likeness (QED) is 0.703. The topological polar surface area (TPSA) is 75.7 Å². The summed E-state index contributed by atoms with van der Waals surface area (Å²) in [6, 6.07) is 13.0. The van der Waals surface area contributed by atoms with E-state index in [-0.39, 0.29) is 19.0 Å². The number of nitrogens with zero attached hydrogens (tertiary/aromatic N) is 1. The molecular formula is C20H26N2O4S. The second-order valence-corrected chi connectivity index (χ2v) is 8.48. The maximum atomic E-state index is 12.2. The molecule has 0 fully saturated rings. The summed E-state index contributed by atoms with van der Waals surface area (Å²) in [5, 5.41) is 2.70. The highest BCUT2D eigenvalue weighted by molar-refractivity contribution is 7.92. The van der Waals surface area contributed by atoms with Crippen molar-refractivity contribution in [2.24, 2.45) is 0 Å². The van der Waals surface area contributed by atoms with E-state index in [0.717, 1.165) is 33.0 Å². The first-order valence-corrected chi connectivity index (χ1v) is 10.5. The van der Waals surface area contributed by atoms with Crippen LogP contribution < -0.4 is 14.4 Å². The van der Waals surface area contributed by atoms with E-state index < -0.39 is 10.0 Å². The van der Waals surface area contributed by atoms with Gasteiger partial charge in [0.1, 0.15) is 18.9 Å². The van der Waals surface area contributed by atoms with Gasteiger partial charge in [-0.25, -0.2) is 8.42 Å². The fraction of sp³-hybridized carbons (Fsp3) is 0.350. The predicted molar refractivity (Wildman–Crippen MR) is 108 cm³/mol. The van der Waals surface area contributed by atoms with Crippen LogP contribution in [0.3, 0.4) is 0 Å². The van der Waals surface area contributed by atoms with E-state index in [4.69, 9.17) is 4.74 Å². The zero-order chi connectivity index (χ0) is 20.0. The summed E-state index contributed by atoms with van der Waals surface area (Å²) in [6.45, 7) is 6.13. The van der Waals surface area contributed by atoms with Crippen molar-refractivity contribution in [1.82, 2.24) is 5.32 Å². The van der Waals surface area contributed by atoms with Crippen molar-refractivity contribution < 1.29 is 17.9 Å². The Balaban J connectivity index is 1.91. The standard InChI is InChI=1S/C20H26N2O4S/c1-15-6-5-7-18(12-15)22(27(4,24)25)14-20(23)21-10-11-26-19-13-16(2)8-9-17(19)3/h5-9,12-13H,10-11,14H2,1-4H3,(H,21,23). The molecule has 2 aromatic carbocycles. The highest BCUT2D eigenvalue weighted by Gasteiger charge is 2.20. The largest absolute Gasteiger partial charge is 0.491 e. The Morgan fingerprint density at radius 2 is 1.78 bits per heavy atom. The summed E-state index contributed by atoms with van der Waals surface area (Å²) in [7, 11) is -3.57. The van der Waals surface area contributed by atoms with Gasteiger partial charge in [-0.2, -0.15) is 0 Å². The van der Waals surface area contributed by atoms with Crippen molar-refractivity contribution >= 4 is 21.6 Å². The second kappa shape index (κ2) is 8.90. The fourth-order valence-corrected chi connectivity index (χ4v) is 3.43. The van der Waals surface area contributed by atoms with E-state index in [1.54, 1.807) is 18.2 Å². The molecule has 6 nitrogen and oxygen atoms in total. The van der Waals surface area contributed by atoms with Gasteiger partial charge in [-0.3, -0.25) is 9.10 Å². The minimum Gasteiger partial charge on any atom is -0.491 e. The molecule has 0 saturated carbocycles. The van der Waals surface area contributed by atoms with Crippen molar-refractivity contribution in [3.63, 3.8) is 0 Å². The monoisotopic (exact) mass is 390 g/mol. The van der Waals surface area contributed by atoms with Gasteiger partial charge in [0, 0.05) is 0 Å². The van der Waals surface area contributed by atoms with Crippen molar-refractivity contribution in [2.45, 2.75) is 20.8 Å². The van der Waals surface area contributed by atoms with Crippen molar-refractivity contribution in [3.05, 3.63) is 59.2 Å². The highest BCUT2D eigenvalue weighted by atomic mass is 32.2. The first-order chi connectivity index (χ1) is 12.7. The molecule has 0 heterocycles. The normalized spacial score (nSPS) is 11.1. The van der Waals surface area contributed by atoms with Crippen LogP contribution in [0.25, 0.3) is 0 Å². The van der Waals surface area contributed by atoms with Gasteiger partial charge in [0.15, 0.2) is 0 Å². The highest BCUT2D eigenvalue weighted by Crippen LogP contribution is 2.19. The number of carbonyl (C=O) groups is 1. The molecule has 0 aliphatic carbocycles. The second-order valence-electron chi connectivity index (χ2n) is 6.58. The van der Waals surface area contributed by atoms with Crippen LogP contribution in [0.5, 0.6) is 5.75 Å². The van der Waals surface area contributed by atoms with Crippen molar-refractivity contribution in [1.29, 1.82) is 0 Å². The Labute approximate surface area is 161 Å². The molecule has 2 rings (SSSR count). The molecular weight excluding hydrogens is 364 g/mol. The van der Waals surface area contributed by atoms with Crippen LogP contribution >= 0.6 is 0 Å². The molecule has 0 aliphatic heterocycles. The van der Waals surface area contributed by atoms with Gasteiger partial charge in [0.25, 0.3) is 0 Å². The van der Waals surface area contributed by atoms with Gasteiger partial charge in [-0.05, 0) is 55.7 Å². The number of hydrogen-bond donors (Lipinski definition) is 1. The van der Waals surface area contributed by atoms with Crippen LogP contribution in [-0.4, -0.2) is 40.3 Å². The van der Waals surface area contributed by atoms with E-state index in [0.29, 0.717) is 12.3 Å². The van der Waals surface area contributed by atoms with Gasteiger partial charge in [-0.15, -0.1) is 0 Å². The number of hydrogen-bond acceptors (Lipinski definition) is 4. The molecule has 1 amide bonds. The SMILES string of the molecule is Cc1cccc(N(CC(=O)NCCOc2cc(C)ccc2C)S(C)(=O)=O)c1. The minimum absolute atomic E-state index is 0.272. The van der Waals surface area contributed by atoms with Crippen LogP contribution in [0.15, 0.2) is 42.5 Å². The zero-order valence-corrected chi connectivity index (χ0v) is 17.0. The first kappa shape index (κ1) is 20.8. The van der Waals surface area contributed by atoms with E-state index >= 15 is 0 Å². The lowest BCUT2D eigenvalue weighted by Crippen LogP contribution is -2.41. The van der Waals surface area contributed by atoms with Gasteiger partial charge in [-0.1, -0.05) is 24.3 Å². The lowest BCUT2D eigenvalue weighted by atomic mass is 10.1. The first-order valence-electron chi connectivity index (χ1n) is 8.68. The van der Waals surface area contributed by atoms with E-state index in [9.17, 15) is 13.2 Å². The van der Waals surface area contributed by atoms with Crippen LogP contribution in [0.4, 0.5) is 5.69 Å². The predicted octanol–water partition coefficient (Wildman–Crippen LogP) is 2.57. The Morgan fingerprint density at radius 1 is 1.07 bits per heavy atom. The molecule has 0 saturated heterocycles. The zero-order valence-electron chi connectivity index (χ0n) is 16.2. The molecule has 7 heteroatoms. The average Bonchev–Trinajstić information content (AvgIpc) is 2.58. The summed E-state index contributed by atoms with van der Waals surface area (Å²) < 4.78 is 31.0. The van der Waals surface area contributed by atoms with Crippen LogP contribution in [0.2, 0.25) is 0 Å². The Morgan fingerprint density at radius 3 is 2.44 bits per heavy atom. The molecule has 2 aromatic rings.